The summed E-state index contributed by atoms with van der Waals surface area (Å²) in [5.41, 5.74) is 3.77. The maximum absolute atomic E-state index is 13.6. The van der Waals surface area contributed by atoms with E-state index in [1.54, 1.807) is 0 Å². The summed E-state index contributed by atoms with van der Waals surface area (Å²) in [6, 6.07) is 16.2. The number of benzene rings is 2. The van der Waals surface area contributed by atoms with Crippen molar-refractivity contribution in [2.24, 2.45) is 0 Å². The number of piperidine rings is 1. The van der Waals surface area contributed by atoms with Crippen LogP contribution in [0, 0.1) is 0 Å². The normalized spacial score (nSPS) is 20.2. The van der Waals surface area contributed by atoms with Crippen molar-refractivity contribution in [2.75, 3.05) is 31.6 Å². The van der Waals surface area contributed by atoms with Gasteiger partial charge in [0.25, 0.3) is 5.91 Å². The van der Waals surface area contributed by atoms with Gasteiger partial charge in [-0.15, -0.1) is 0 Å². The Kier molecular flexibility index (Phi) is 4.86. The summed E-state index contributed by atoms with van der Waals surface area (Å²) in [6.45, 7) is 2.63. The van der Waals surface area contributed by atoms with Gasteiger partial charge in [-0.25, -0.2) is 0 Å². The molecule has 1 aromatic heterocycles. The Hall–Kier alpha value is -3.28. The molecule has 2 aliphatic heterocycles. The molecule has 1 atom stereocenters. The Morgan fingerprint density at radius 1 is 1.00 bits per heavy atom. The maximum Gasteiger partial charge on any atom is 0.254 e. The van der Waals surface area contributed by atoms with E-state index in [0.29, 0.717) is 25.7 Å². The number of para-hydroxylation sites is 1. The lowest BCUT2D eigenvalue weighted by atomic mass is 10.0. The molecule has 1 amide bonds. The third kappa shape index (κ3) is 3.74. The molecule has 3 aromatic rings. The first-order valence-electron chi connectivity index (χ1n) is 11.6. The highest BCUT2D eigenvalue weighted by molar-refractivity contribution is 6.06. The minimum atomic E-state index is 0.110. The summed E-state index contributed by atoms with van der Waals surface area (Å²) in [4.78, 5) is 20.5. The highest BCUT2D eigenvalue weighted by Crippen LogP contribution is 2.40. The van der Waals surface area contributed by atoms with Crippen LogP contribution in [0.25, 0.3) is 10.9 Å². The molecular weight excluding hydrogens is 402 g/mol. The summed E-state index contributed by atoms with van der Waals surface area (Å²) < 4.78 is 11.3. The van der Waals surface area contributed by atoms with Crippen molar-refractivity contribution in [3.05, 3.63) is 59.8 Å². The van der Waals surface area contributed by atoms with Gasteiger partial charge in [0.1, 0.15) is 13.2 Å². The zero-order valence-electron chi connectivity index (χ0n) is 18.0. The monoisotopic (exact) mass is 429 g/mol. The number of rotatable bonds is 4. The topological polar surface area (TPSA) is 63.7 Å². The van der Waals surface area contributed by atoms with Crippen LogP contribution in [-0.2, 0) is 0 Å². The molecule has 3 heterocycles. The molecular formula is C26H27N3O3. The molecule has 0 spiro atoms. The Morgan fingerprint density at radius 2 is 1.84 bits per heavy atom. The van der Waals surface area contributed by atoms with Crippen LogP contribution >= 0.6 is 0 Å². The van der Waals surface area contributed by atoms with Gasteiger partial charge < -0.3 is 19.7 Å². The number of fused-ring (bicyclic) bond motifs is 2. The molecule has 32 heavy (non-hydrogen) atoms. The quantitative estimate of drug-likeness (QED) is 0.657. The zero-order valence-corrected chi connectivity index (χ0v) is 18.0. The number of nitrogens with zero attached hydrogens (tertiary/aromatic N) is 2. The second-order valence-electron chi connectivity index (χ2n) is 8.98. The third-order valence-electron chi connectivity index (χ3n) is 6.58. The van der Waals surface area contributed by atoms with Crippen LogP contribution in [-0.4, -0.2) is 48.1 Å². The SMILES string of the molecule is O=C(c1cc(C2CC2)nc2ccccc12)N1CCCC(Nc2ccc3c(c2)OCCO3)C1. The largest absolute Gasteiger partial charge is 0.486 e. The second-order valence-corrected chi connectivity index (χ2v) is 8.98. The minimum Gasteiger partial charge on any atom is -0.486 e. The van der Waals surface area contributed by atoms with Crippen molar-refractivity contribution in [1.29, 1.82) is 0 Å². The molecule has 2 aromatic carbocycles. The van der Waals surface area contributed by atoms with E-state index in [2.05, 4.69) is 5.32 Å². The molecule has 0 radical (unpaired) electrons. The first-order valence-corrected chi connectivity index (χ1v) is 11.6. The van der Waals surface area contributed by atoms with Gasteiger partial charge in [0.05, 0.1) is 11.1 Å². The average molecular weight is 430 g/mol. The molecule has 164 valence electrons. The van der Waals surface area contributed by atoms with Gasteiger partial charge >= 0.3 is 0 Å². The molecule has 6 nitrogen and oxygen atoms in total. The van der Waals surface area contributed by atoms with Crippen LogP contribution in [0.15, 0.2) is 48.5 Å². The van der Waals surface area contributed by atoms with Crippen molar-refractivity contribution in [1.82, 2.24) is 9.88 Å². The summed E-state index contributed by atoms with van der Waals surface area (Å²) in [7, 11) is 0. The summed E-state index contributed by atoms with van der Waals surface area (Å²) in [5.74, 6) is 2.19. The molecule has 1 saturated heterocycles. The number of carbonyl (C=O) groups excluding carboxylic acids is 1. The molecule has 1 N–H and O–H groups in total. The van der Waals surface area contributed by atoms with Crippen LogP contribution in [0.1, 0.15) is 47.7 Å². The lowest BCUT2D eigenvalue weighted by molar-refractivity contribution is 0.0716. The molecule has 0 bridgehead atoms. The minimum absolute atomic E-state index is 0.110. The predicted octanol–water partition coefficient (Wildman–Crippen LogP) is 4.60. The van der Waals surface area contributed by atoms with E-state index in [1.165, 1.54) is 12.8 Å². The number of ether oxygens (including phenoxy) is 2. The van der Waals surface area contributed by atoms with E-state index in [9.17, 15) is 4.79 Å². The fraction of sp³-hybridized carbons (Fsp3) is 0.385. The molecule has 1 saturated carbocycles. The van der Waals surface area contributed by atoms with Crippen LogP contribution in [0.5, 0.6) is 11.5 Å². The lowest BCUT2D eigenvalue weighted by Gasteiger charge is -2.34. The van der Waals surface area contributed by atoms with Crippen molar-refractivity contribution in [2.45, 2.75) is 37.6 Å². The van der Waals surface area contributed by atoms with E-state index in [-0.39, 0.29) is 11.9 Å². The number of amides is 1. The number of hydrogen-bond acceptors (Lipinski definition) is 5. The van der Waals surface area contributed by atoms with Gasteiger partial charge in [0.15, 0.2) is 11.5 Å². The van der Waals surface area contributed by atoms with Gasteiger partial charge in [-0.2, -0.15) is 0 Å². The molecule has 1 unspecified atom stereocenters. The highest BCUT2D eigenvalue weighted by Gasteiger charge is 2.30. The first kappa shape index (κ1) is 19.4. The Bertz CT molecular complexity index is 1170. The number of aromatic nitrogens is 1. The van der Waals surface area contributed by atoms with Crippen LogP contribution < -0.4 is 14.8 Å². The van der Waals surface area contributed by atoms with Gasteiger partial charge in [-0.1, -0.05) is 18.2 Å². The maximum atomic E-state index is 13.6. The fourth-order valence-electron chi connectivity index (χ4n) is 4.78. The lowest BCUT2D eigenvalue weighted by Crippen LogP contribution is -2.45. The molecule has 3 aliphatic rings. The number of pyridine rings is 1. The van der Waals surface area contributed by atoms with Crippen molar-refractivity contribution >= 4 is 22.5 Å². The number of carbonyl (C=O) groups is 1. The number of nitrogens with one attached hydrogen (secondary N) is 1. The van der Waals surface area contributed by atoms with Gasteiger partial charge in [-0.3, -0.25) is 9.78 Å². The summed E-state index contributed by atoms with van der Waals surface area (Å²) in [6.07, 6.45) is 4.35. The van der Waals surface area contributed by atoms with Gasteiger partial charge in [-0.05, 0) is 49.9 Å². The molecule has 2 fully saturated rings. The smallest absolute Gasteiger partial charge is 0.254 e. The van der Waals surface area contributed by atoms with Crippen LogP contribution in [0.2, 0.25) is 0 Å². The number of likely N-dealkylation sites (tertiary alicyclic amines) is 1. The first-order chi connectivity index (χ1) is 15.7. The average Bonchev–Trinajstić information content (AvgIpc) is 3.69. The predicted molar refractivity (Wildman–Crippen MR) is 124 cm³/mol. The highest BCUT2D eigenvalue weighted by atomic mass is 16.6. The van der Waals surface area contributed by atoms with E-state index >= 15 is 0 Å². The number of anilines is 1. The second kappa shape index (κ2) is 8.01. The van der Waals surface area contributed by atoms with Crippen LogP contribution in [0.4, 0.5) is 5.69 Å². The van der Waals surface area contributed by atoms with E-state index in [1.807, 2.05) is 53.4 Å². The third-order valence-corrected chi connectivity index (χ3v) is 6.58. The van der Waals surface area contributed by atoms with Crippen molar-refractivity contribution < 1.29 is 14.3 Å². The number of hydrogen-bond donors (Lipinski definition) is 1. The van der Waals surface area contributed by atoms with Crippen molar-refractivity contribution in [3.63, 3.8) is 0 Å². The Labute approximate surface area is 187 Å². The van der Waals surface area contributed by atoms with Gasteiger partial charge in [0, 0.05) is 47.9 Å². The standard InChI is InChI=1S/C26H27N3O3/c30-26(21-15-23(17-7-8-17)28-22-6-2-1-5-20(21)22)29-11-3-4-19(16-29)27-18-9-10-24-25(14-18)32-13-12-31-24/h1-2,5-6,9-10,14-15,17,19,27H,3-4,7-8,11-13,16H2. The molecule has 6 heteroatoms. The van der Waals surface area contributed by atoms with E-state index in [4.69, 9.17) is 14.5 Å². The zero-order chi connectivity index (χ0) is 21.5. The van der Waals surface area contributed by atoms with Crippen LogP contribution in [0.3, 0.4) is 0 Å². The van der Waals surface area contributed by atoms with Crippen molar-refractivity contribution in [3.8, 4) is 11.5 Å². The Morgan fingerprint density at radius 3 is 2.72 bits per heavy atom. The Balaban J connectivity index is 1.22. The fourth-order valence-corrected chi connectivity index (χ4v) is 4.78. The summed E-state index contributed by atoms with van der Waals surface area (Å²) >= 11 is 0. The van der Waals surface area contributed by atoms with E-state index in [0.717, 1.165) is 58.7 Å². The van der Waals surface area contributed by atoms with Gasteiger partial charge in [0.2, 0.25) is 0 Å². The van der Waals surface area contributed by atoms with E-state index < -0.39 is 0 Å². The molecule has 1 aliphatic carbocycles. The summed E-state index contributed by atoms with van der Waals surface area (Å²) in [5, 5.41) is 4.55. The molecule has 6 rings (SSSR count).